The third-order valence-corrected chi connectivity index (χ3v) is 4.86. The van der Waals surface area contributed by atoms with Gasteiger partial charge in [-0.2, -0.15) is 0 Å². The van der Waals surface area contributed by atoms with E-state index in [0.29, 0.717) is 18.6 Å². The van der Waals surface area contributed by atoms with Gasteiger partial charge in [-0.3, -0.25) is 10.1 Å². The third-order valence-electron chi connectivity index (χ3n) is 4.86. The smallest absolute Gasteiger partial charge is 0.244 e. The highest BCUT2D eigenvalue weighted by Crippen LogP contribution is 2.42. The van der Waals surface area contributed by atoms with Crippen molar-refractivity contribution in [2.45, 2.75) is 76.1 Å². The van der Waals surface area contributed by atoms with Crippen molar-refractivity contribution in [2.75, 3.05) is 13.2 Å². The second kappa shape index (κ2) is 5.41. The zero-order chi connectivity index (χ0) is 13.3. The fraction of sp³-hybridized carbons (Fsp3) is 0.933. The van der Waals surface area contributed by atoms with Crippen LogP contribution in [0.25, 0.3) is 0 Å². The summed E-state index contributed by atoms with van der Waals surface area (Å²) < 4.78 is 5.95. The van der Waals surface area contributed by atoms with E-state index in [-0.39, 0.29) is 11.7 Å². The maximum absolute atomic E-state index is 12.3. The van der Waals surface area contributed by atoms with Crippen LogP contribution in [0.15, 0.2) is 0 Å². The van der Waals surface area contributed by atoms with Gasteiger partial charge in [-0.1, -0.05) is 26.2 Å². The van der Waals surface area contributed by atoms with Gasteiger partial charge in [-0.25, -0.2) is 0 Å². The fourth-order valence-electron chi connectivity index (χ4n) is 3.49. The Labute approximate surface area is 115 Å². The Morgan fingerprint density at radius 3 is 2.68 bits per heavy atom. The number of hydrogen-bond acceptors (Lipinski definition) is 3. The normalized spacial score (nSPS) is 30.3. The van der Waals surface area contributed by atoms with Crippen LogP contribution in [-0.4, -0.2) is 41.8 Å². The summed E-state index contributed by atoms with van der Waals surface area (Å²) in [5.41, 5.74) is -0.175. The van der Waals surface area contributed by atoms with Gasteiger partial charge >= 0.3 is 0 Å². The highest BCUT2D eigenvalue weighted by atomic mass is 16.5. The van der Waals surface area contributed by atoms with Crippen LogP contribution in [0, 0.1) is 0 Å². The topological polar surface area (TPSA) is 41.6 Å². The lowest BCUT2D eigenvalue weighted by atomic mass is 9.98. The zero-order valence-electron chi connectivity index (χ0n) is 12.0. The van der Waals surface area contributed by atoms with Gasteiger partial charge in [0.2, 0.25) is 5.91 Å². The van der Waals surface area contributed by atoms with Gasteiger partial charge in [0.15, 0.2) is 0 Å². The summed E-state index contributed by atoms with van der Waals surface area (Å²) in [6, 6.07) is 0. The molecule has 3 rings (SSSR count). The summed E-state index contributed by atoms with van der Waals surface area (Å²) in [6.07, 6.45) is 10.0. The molecule has 108 valence electrons. The average molecular weight is 266 g/mol. The van der Waals surface area contributed by atoms with Crippen LogP contribution in [0.2, 0.25) is 0 Å². The van der Waals surface area contributed by atoms with Gasteiger partial charge in [0.05, 0.1) is 24.4 Å². The number of ether oxygens (including phenoxy) is 1. The number of carbonyl (C=O) groups excluding carboxylic acids is 1. The standard InChI is InChI=1S/C15H26N2O2/c1-2-13-16-15(8-9-15)14(18)17(13)10-11-19-12-6-4-3-5-7-12/h12-13,16H,2-11H2,1H3. The molecule has 0 aromatic carbocycles. The second-order valence-electron chi connectivity index (χ2n) is 6.28. The number of nitrogens with one attached hydrogen (secondary N) is 1. The molecule has 0 aromatic heterocycles. The molecule has 0 radical (unpaired) electrons. The Bertz CT molecular complexity index is 335. The van der Waals surface area contributed by atoms with Crippen molar-refractivity contribution >= 4 is 5.91 Å². The molecule has 2 saturated carbocycles. The monoisotopic (exact) mass is 266 g/mol. The SMILES string of the molecule is CCC1NC2(CC2)C(=O)N1CCOC1CCCCC1. The molecule has 1 amide bonds. The van der Waals surface area contributed by atoms with E-state index < -0.39 is 0 Å². The molecule has 3 fully saturated rings. The largest absolute Gasteiger partial charge is 0.376 e. The van der Waals surface area contributed by atoms with Crippen LogP contribution in [0.5, 0.6) is 0 Å². The molecule has 0 bridgehead atoms. The summed E-state index contributed by atoms with van der Waals surface area (Å²) in [5.74, 6) is 0.312. The molecular weight excluding hydrogens is 240 g/mol. The summed E-state index contributed by atoms with van der Waals surface area (Å²) in [5, 5.41) is 3.50. The Kier molecular flexibility index (Phi) is 3.81. The van der Waals surface area contributed by atoms with Gasteiger partial charge in [-0.15, -0.1) is 0 Å². The summed E-state index contributed by atoms with van der Waals surface area (Å²) in [7, 11) is 0. The van der Waals surface area contributed by atoms with Crippen molar-refractivity contribution in [3.05, 3.63) is 0 Å². The van der Waals surface area contributed by atoms with Crippen LogP contribution in [0.4, 0.5) is 0 Å². The summed E-state index contributed by atoms with van der Waals surface area (Å²) >= 11 is 0. The van der Waals surface area contributed by atoms with Crippen LogP contribution in [0.1, 0.15) is 58.3 Å². The Morgan fingerprint density at radius 1 is 1.32 bits per heavy atom. The van der Waals surface area contributed by atoms with E-state index in [1.807, 2.05) is 4.90 Å². The number of carbonyl (C=O) groups is 1. The highest BCUT2D eigenvalue weighted by Gasteiger charge is 2.58. The maximum Gasteiger partial charge on any atom is 0.244 e. The fourth-order valence-corrected chi connectivity index (χ4v) is 3.49. The van der Waals surface area contributed by atoms with Gasteiger partial charge in [-0.05, 0) is 32.1 Å². The van der Waals surface area contributed by atoms with Crippen LogP contribution >= 0.6 is 0 Å². The second-order valence-corrected chi connectivity index (χ2v) is 6.28. The number of nitrogens with zero attached hydrogens (tertiary/aromatic N) is 1. The molecule has 0 aromatic rings. The van der Waals surface area contributed by atoms with Gasteiger partial charge in [0.1, 0.15) is 0 Å². The molecule has 1 N–H and O–H groups in total. The van der Waals surface area contributed by atoms with Crippen molar-refractivity contribution in [3.63, 3.8) is 0 Å². The van der Waals surface area contributed by atoms with Crippen molar-refractivity contribution in [1.82, 2.24) is 10.2 Å². The number of hydrogen-bond donors (Lipinski definition) is 1. The minimum atomic E-state index is -0.175. The molecule has 2 aliphatic carbocycles. The number of amides is 1. The van der Waals surface area contributed by atoms with Crippen molar-refractivity contribution in [1.29, 1.82) is 0 Å². The van der Waals surface area contributed by atoms with Gasteiger partial charge in [0.25, 0.3) is 0 Å². The number of rotatable bonds is 5. The predicted octanol–water partition coefficient (Wildman–Crippen LogP) is 2.04. The molecule has 3 aliphatic rings. The molecule has 4 nitrogen and oxygen atoms in total. The molecular formula is C15H26N2O2. The molecule has 1 spiro atoms. The van der Waals surface area contributed by atoms with Crippen molar-refractivity contribution in [2.24, 2.45) is 0 Å². The van der Waals surface area contributed by atoms with E-state index in [1.54, 1.807) is 0 Å². The molecule has 1 aliphatic heterocycles. The molecule has 1 unspecified atom stereocenters. The van der Waals surface area contributed by atoms with Gasteiger partial charge in [0, 0.05) is 6.54 Å². The van der Waals surface area contributed by atoms with E-state index in [1.165, 1.54) is 32.1 Å². The third kappa shape index (κ3) is 2.65. The van der Waals surface area contributed by atoms with E-state index in [9.17, 15) is 4.79 Å². The van der Waals surface area contributed by atoms with E-state index in [0.717, 1.165) is 25.8 Å². The lowest BCUT2D eigenvalue weighted by molar-refractivity contribution is -0.132. The molecule has 1 saturated heterocycles. The van der Waals surface area contributed by atoms with E-state index >= 15 is 0 Å². The minimum absolute atomic E-state index is 0.175. The minimum Gasteiger partial charge on any atom is -0.376 e. The highest BCUT2D eigenvalue weighted by molar-refractivity contribution is 5.91. The first kappa shape index (κ1) is 13.4. The predicted molar refractivity (Wildman–Crippen MR) is 73.7 cm³/mol. The quantitative estimate of drug-likeness (QED) is 0.828. The molecule has 4 heteroatoms. The zero-order valence-corrected chi connectivity index (χ0v) is 12.0. The van der Waals surface area contributed by atoms with Crippen molar-refractivity contribution < 1.29 is 9.53 Å². The van der Waals surface area contributed by atoms with Crippen LogP contribution in [-0.2, 0) is 9.53 Å². The lowest BCUT2D eigenvalue weighted by Crippen LogP contribution is -2.39. The van der Waals surface area contributed by atoms with Crippen LogP contribution in [0.3, 0.4) is 0 Å². The molecule has 1 heterocycles. The average Bonchev–Trinajstić information content (AvgIpc) is 3.17. The Balaban J connectivity index is 1.47. The summed E-state index contributed by atoms with van der Waals surface area (Å²) in [6.45, 7) is 3.59. The van der Waals surface area contributed by atoms with Crippen molar-refractivity contribution in [3.8, 4) is 0 Å². The first-order chi connectivity index (χ1) is 9.25. The Morgan fingerprint density at radius 2 is 2.05 bits per heavy atom. The molecule has 19 heavy (non-hydrogen) atoms. The maximum atomic E-state index is 12.3. The Hall–Kier alpha value is -0.610. The summed E-state index contributed by atoms with van der Waals surface area (Å²) in [4.78, 5) is 14.4. The first-order valence-corrected chi connectivity index (χ1v) is 7.95. The first-order valence-electron chi connectivity index (χ1n) is 7.95. The van der Waals surface area contributed by atoms with E-state index in [2.05, 4.69) is 12.2 Å². The lowest BCUT2D eigenvalue weighted by Gasteiger charge is -2.26. The van der Waals surface area contributed by atoms with Crippen LogP contribution < -0.4 is 5.32 Å². The molecule has 1 atom stereocenters. The van der Waals surface area contributed by atoms with E-state index in [4.69, 9.17) is 4.74 Å². The van der Waals surface area contributed by atoms with Gasteiger partial charge < -0.3 is 9.64 Å².